The summed E-state index contributed by atoms with van der Waals surface area (Å²) in [6, 6.07) is 7.80. The summed E-state index contributed by atoms with van der Waals surface area (Å²) in [7, 11) is -8.08. The molecular weight excluding hydrogens is 422 g/mol. The molecule has 0 unspecified atom stereocenters. The molecule has 0 N–H and O–H groups in total. The lowest BCUT2D eigenvalue weighted by Gasteiger charge is -2.33. The number of hydrogen-bond donors (Lipinski definition) is 0. The van der Waals surface area contributed by atoms with Gasteiger partial charge in [-0.05, 0) is 42.5 Å². The summed E-state index contributed by atoms with van der Waals surface area (Å²) in [5.41, 5.74) is 0. The summed E-state index contributed by atoms with van der Waals surface area (Å²) < 4.78 is 79.6. The van der Waals surface area contributed by atoms with Gasteiger partial charge in [0.25, 0.3) is 0 Å². The average Bonchev–Trinajstić information content (AvgIpc) is 2.64. The monoisotopic (exact) mass is 436 g/mol. The predicted octanol–water partition coefficient (Wildman–Crippen LogP) is 2.31. The first kappa shape index (κ1) is 20.2. The van der Waals surface area contributed by atoms with E-state index in [1.165, 1.54) is 24.3 Å². The third-order valence-electron chi connectivity index (χ3n) is 4.16. The van der Waals surface area contributed by atoms with Crippen molar-refractivity contribution in [3.05, 3.63) is 59.1 Å². The SMILES string of the molecule is O=S(=O)(c1ccc(Cl)cc1)N1CCN(S(=O)(=O)c2cc(F)ccc2F)CC1. The Hall–Kier alpha value is -1.59. The molecule has 0 atom stereocenters. The molecule has 1 aliphatic rings. The number of piperazine rings is 1. The first-order valence-electron chi connectivity index (χ1n) is 7.83. The fraction of sp³-hybridized carbons (Fsp3) is 0.250. The van der Waals surface area contributed by atoms with Gasteiger partial charge >= 0.3 is 0 Å². The van der Waals surface area contributed by atoms with Gasteiger partial charge in [0.15, 0.2) is 0 Å². The second kappa shape index (κ2) is 7.44. The fourth-order valence-electron chi connectivity index (χ4n) is 2.72. The van der Waals surface area contributed by atoms with Gasteiger partial charge in [-0.3, -0.25) is 0 Å². The molecule has 2 aromatic rings. The van der Waals surface area contributed by atoms with Crippen LogP contribution >= 0.6 is 11.6 Å². The lowest BCUT2D eigenvalue weighted by molar-refractivity contribution is 0.272. The maximum atomic E-state index is 13.9. The molecule has 11 heteroatoms. The highest BCUT2D eigenvalue weighted by molar-refractivity contribution is 7.89. The normalized spacial score (nSPS) is 17.1. The number of rotatable bonds is 4. The van der Waals surface area contributed by atoms with Crippen LogP contribution in [0.15, 0.2) is 52.3 Å². The standard InChI is InChI=1S/C16H15ClF2N2O4S2/c17-12-1-4-14(5-2-12)26(22,23)20-7-9-21(10-8-20)27(24,25)16-11-13(18)3-6-15(16)19/h1-6,11H,7-10H2. The molecule has 1 heterocycles. The zero-order valence-electron chi connectivity index (χ0n) is 13.8. The topological polar surface area (TPSA) is 74.8 Å². The summed E-state index contributed by atoms with van der Waals surface area (Å²) in [6.45, 7) is -0.571. The Morgan fingerprint density at radius 3 is 1.85 bits per heavy atom. The van der Waals surface area contributed by atoms with Crippen molar-refractivity contribution >= 4 is 31.6 Å². The van der Waals surface area contributed by atoms with Gasteiger partial charge in [0.2, 0.25) is 20.0 Å². The van der Waals surface area contributed by atoms with Crippen LogP contribution in [-0.2, 0) is 20.0 Å². The number of halogens is 3. The third-order valence-corrected chi connectivity index (χ3v) is 8.24. The Kier molecular flexibility index (Phi) is 5.55. The molecule has 0 amide bonds. The van der Waals surface area contributed by atoms with Crippen LogP contribution in [-0.4, -0.2) is 51.6 Å². The van der Waals surface area contributed by atoms with Gasteiger partial charge in [-0.25, -0.2) is 25.6 Å². The van der Waals surface area contributed by atoms with Crippen LogP contribution in [0.1, 0.15) is 0 Å². The van der Waals surface area contributed by atoms with E-state index in [-0.39, 0.29) is 31.1 Å². The Labute approximate surface area is 161 Å². The van der Waals surface area contributed by atoms with Crippen molar-refractivity contribution in [3.63, 3.8) is 0 Å². The van der Waals surface area contributed by atoms with Crippen molar-refractivity contribution in [1.82, 2.24) is 8.61 Å². The fourth-order valence-corrected chi connectivity index (χ4v) is 5.77. The number of benzene rings is 2. The molecule has 0 aromatic heterocycles. The largest absolute Gasteiger partial charge is 0.246 e. The Balaban J connectivity index is 1.78. The molecule has 1 saturated heterocycles. The van der Waals surface area contributed by atoms with E-state index in [9.17, 15) is 25.6 Å². The minimum atomic E-state index is -4.27. The Morgan fingerprint density at radius 1 is 0.778 bits per heavy atom. The van der Waals surface area contributed by atoms with Crippen molar-refractivity contribution in [3.8, 4) is 0 Å². The minimum absolute atomic E-state index is 0.0411. The second-order valence-corrected chi connectivity index (χ2v) is 10.1. The number of nitrogens with zero attached hydrogens (tertiary/aromatic N) is 2. The van der Waals surface area contributed by atoms with Crippen LogP contribution in [0.3, 0.4) is 0 Å². The van der Waals surface area contributed by atoms with Gasteiger partial charge in [0.1, 0.15) is 16.5 Å². The van der Waals surface area contributed by atoms with Crippen LogP contribution in [0.2, 0.25) is 5.02 Å². The molecule has 1 fully saturated rings. The smallest absolute Gasteiger partial charge is 0.207 e. The molecule has 0 radical (unpaired) electrons. The molecule has 146 valence electrons. The molecule has 1 aliphatic heterocycles. The highest BCUT2D eigenvalue weighted by Gasteiger charge is 2.35. The maximum absolute atomic E-state index is 13.9. The highest BCUT2D eigenvalue weighted by Crippen LogP contribution is 2.24. The first-order chi connectivity index (χ1) is 12.6. The molecule has 0 bridgehead atoms. The average molecular weight is 437 g/mol. The van der Waals surface area contributed by atoms with E-state index in [2.05, 4.69) is 0 Å². The van der Waals surface area contributed by atoms with Crippen molar-refractivity contribution < 1.29 is 25.6 Å². The zero-order valence-corrected chi connectivity index (χ0v) is 16.2. The Morgan fingerprint density at radius 2 is 1.30 bits per heavy atom. The quantitative estimate of drug-likeness (QED) is 0.737. The van der Waals surface area contributed by atoms with E-state index in [1.54, 1.807) is 0 Å². The molecule has 27 heavy (non-hydrogen) atoms. The van der Waals surface area contributed by atoms with Gasteiger partial charge in [-0.15, -0.1) is 0 Å². The van der Waals surface area contributed by atoms with E-state index in [0.717, 1.165) is 20.7 Å². The summed E-state index contributed by atoms with van der Waals surface area (Å²) in [5, 5.41) is 0.391. The van der Waals surface area contributed by atoms with E-state index in [0.29, 0.717) is 11.1 Å². The lowest BCUT2D eigenvalue weighted by atomic mass is 10.3. The first-order valence-corrected chi connectivity index (χ1v) is 11.1. The van der Waals surface area contributed by atoms with Gasteiger partial charge in [-0.1, -0.05) is 11.6 Å². The van der Waals surface area contributed by atoms with Crippen molar-refractivity contribution in [1.29, 1.82) is 0 Å². The minimum Gasteiger partial charge on any atom is -0.207 e. The van der Waals surface area contributed by atoms with Crippen LogP contribution in [0.4, 0.5) is 8.78 Å². The van der Waals surface area contributed by atoms with E-state index in [1.807, 2.05) is 0 Å². The number of hydrogen-bond acceptors (Lipinski definition) is 4. The van der Waals surface area contributed by atoms with Gasteiger partial charge in [0.05, 0.1) is 4.90 Å². The van der Waals surface area contributed by atoms with Gasteiger partial charge < -0.3 is 0 Å². The third kappa shape index (κ3) is 3.99. The van der Waals surface area contributed by atoms with Crippen molar-refractivity contribution in [2.45, 2.75) is 9.79 Å². The van der Waals surface area contributed by atoms with Crippen molar-refractivity contribution in [2.24, 2.45) is 0 Å². The summed E-state index contributed by atoms with van der Waals surface area (Å²) in [5.74, 6) is -1.94. The number of sulfonamides is 2. The van der Waals surface area contributed by atoms with Crippen LogP contribution in [0, 0.1) is 11.6 Å². The van der Waals surface area contributed by atoms with Crippen LogP contribution in [0.5, 0.6) is 0 Å². The summed E-state index contributed by atoms with van der Waals surface area (Å²) >= 11 is 5.76. The van der Waals surface area contributed by atoms with Crippen LogP contribution in [0.25, 0.3) is 0 Å². The van der Waals surface area contributed by atoms with Crippen LogP contribution < -0.4 is 0 Å². The predicted molar refractivity (Wildman–Crippen MR) is 95.3 cm³/mol. The lowest BCUT2D eigenvalue weighted by Crippen LogP contribution is -2.50. The molecule has 0 saturated carbocycles. The Bertz CT molecular complexity index is 1050. The van der Waals surface area contributed by atoms with E-state index < -0.39 is 36.6 Å². The van der Waals surface area contributed by atoms with Gasteiger partial charge in [-0.2, -0.15) is 8.61 Å². The molecule has 3 rings (SSSR count). The molecule has 6 nitrogen and oxygen atoms in total. The molecular formula is C16H15ClF2N2O4S2. The zero-order chi connectivity index (χ0) is 19.8. The molecule has 2 aromatic carbocycles. The summed E-state index contributed by atoms with van der Waals surface area (Å²) in [6.07, 6.45) is 0. The maximum Gasteiger partial charge on any atom is 0.246 e. The second-order valence-electron chi connectivity index (χ2n) is 5.84. The summed E-state index contributed by atoms with van der Waals surface area (Å²) in [4.78, 5) is -0.726. The van der Waals surface area contributed by atoms with E-state index >= 15 is 0 Å². The molecule has 0 spiro atoms. The molecule has 0 aliphatic carbocycles. The highest BCUT2D eigenvalue weighted by atomic mass is 35.5. The van der Waals surface area contributed by atoms with Gasteiger partial charge in [0, 0.05) is 31.2 Å². The van der Waals surface area contributed by atoms with E-state index in [4.69, 9.17) is 11.6 Å². The van der Waals surface area contributed by atoms with Crippen molar-refractivity contribution in [2.75, 3.05) is 26.2 Å².